The number of thiocarbonyl (C=S) groups is 1. The SMILES string of the molecule is COc1ccc(/C=N\NC(=S)SCN2C(=O)[C@H]3CC[C@](C)(C2=O)C3(C)C)cc1. The minimum atomic E-state index is -0.492. The number of carbonyl (C=O) groups is 2. The van der Waals surface area contributed by atoms with Gasteiger partial charge in [0.2, 0.25) is 11.8 Å². The van der Waals surface area contributed by atoms with E-state index in [0.717, 1.165) is 24.2 Å². The molecule has 28 heavy (non-hydrogen) atoms. The first-order valence-corrected chi connectivity index (χ1v) is 10.6. The molecule has 0 radical (unpaired) electrons. The first-order chi connectivity index (χ1) is 13.2. The topological polar surface area (TPSA) is 71.0 Å². The summed E-state index contributed by atoms with van der Waals surface area (Å²) in [6, 6.07) is 7.45. The number of fused-ring (bicyclic) bond motifs is 2. The van der Waals surface area contributed by atoms with Crippen LogP contribution in [0.25, 0.3) is 0 Å². The Morgan fingerprint density at radius 1 is 1.36 bits per heavy atom. The molecule has 1 aliphatic carbocycles. The number of benzene rings is 1. The van der Waals surface area contributed by atoms with E-state index in [1.165, 1.54) is 16.7 Å². The summed E-state index contributed by atoms with van der Waals surface area (Å²) in [6.07, 6.45) is 3.17. The lowest BCUT2D eigenvalue weighted by Gasteiger charge is -2.47. The van der Waals surface area contributed by atoms with Crippen molar-refractivity contribution < 1.29 is 14.3 Å². The Morgan fingerprint density at radius 3 is 2.68 bits per heavy atom. The fourth-order valence-corrected chi connectivity index (χ4v) is 4.85. The van der Waals surface area contributed by atoms with Crippen LogP contribution in [0.5, 0.6) is 5.75 Å². The van der Waals surface area contributed by atoms with Crippen molar-refractivity contribution in [1.29, 1.82) is 0 Å². The second kappa shape index (κ2) is 7.83. The van der Waals surface area contributed by atoms with Gasteiger partial charge < -0.3 is 4.74 Å². The summed E-state index contributed by atoms with van der Waals surface area (Å²) < 4.78 is 5.52. The number of likely N-dealkylation sites (tertiary alicyclic amines) is 1. The number of amides is 2. The molecule has 2 fully saturated rings. The van der Waals surface area contributed by atoms with Crippen LogP contribution >= 0.6 is 24.0 Å². The van der Waals surface area contributed by atoms with Crippen molar-refractivity contribution in [2.75, 3.05) is 13.0 Å². The number of nitrogens with zero attached hydrogens (tertiary/aromatic N) is 2. The lowest BCUT2D eigenvalue weighted by Crippen LogP contribution is -2.58. The Bertz CT molecular complexity index is 822. The van der Waals surface area contributed by atoms with Crippen molar-refractivity contribution in [3.05, 3.63) is 29.8 Å². The third kappa shape index (κ3) is 3.55. The van der Waals surface area contributed by atoms with Crippen molar-refractivity contribution >= 4 is 46.3 Å². The average molecular weight is 420 g/mol. The number of ether oxygens (including phenoxy) is 1. The van der Waals surface area contributed by atoms with Gasteiger partial charge in [0, 0.05) is 5.92 Å². The largest absolute Gasteiger partial charge is 0.497 e. The quantitative estimate of drug-likeness (QED) is 0.341. The summed E-state index contributed by atoms with van der Waals surface area (Å²) in [5.41, 5.74) is 2.88. The van der Waals surface area contributed by atoms with Gasteiger partial charge in [-0.3, -0.25) is 19.9 Å². The molecule has 1 aliphatic heterocycles. The van der Waals surface area contributed by atoms with Crippen molar-refractivity contribution in [3.8, 4) is 5.75 Å². The highest BCUT2D eigenvalue weighted by atomic mass is 32.2. The van der Waals surface area contributed by atoms with Gasteiger partial charge in [0.25, 0.3) is 0 Å². The summed E-state index contributed by atoms with van der Waals surface area (Å²) in [7, 11) is 1.62. The standard InChI is InChI=1S/C20H25N3O3S2/c1-19(2)15-9-10-20(19,3)17(25)23(16(15)24)12-28-18(27)22-21-11-13-5-7-14(26-4)8-6-13/h5-8,11,15H,9-10,12H2,1-4H3,(H,22,27)/b21-11-/t15-,20-/m1/s1. The summed E-state index contributed by atoms with van der Waals surface area (Å²) in [6.45, 7) is 6.05. The Kier molecular flexibility index (Phi) is 5.82. The van der Waals surface area contributed by atoms with Crippen LogP contribution < -0.4 is 10.2 Å². The minimum Gasteiger partial charge on any atom is -0.497 e. The highest BCUT2D eigenvalue weighted by Crippen LogP contribution is 2.60. The Balaban J connectivity index is 1.55. The second-order valence-electron chi connectivity index (χ2n) is 7.92. The Morgan fingerprint density at radius 2 is 2.04 bits per heavy atom. The zero-order valence-electron chi connectivity index (χ0n) is 16.5. The van der Waals surface area contributed by atoms with E-state index >= 15 is 0 Å². The van der Waals surface area contributed by atoms with Crippen molar-refractivity contribution in [2.24, 2.45) is 21.8 Å². The number of hydrogen-bond acceptors (Lipinski definition) is 6. The summed E-state index contributed by atoms with van der Waals surface area (Å²) in [4.78, 5) is 27.2. The predicted octanol–water partition coefficient (Wildman–Crippen LogP) is 3.41. The first kappa shape index (κ1) is 20.8. The van der Waals surface area contributed by atoms with Crippen LogP contribution in [-0.2, 0) is 9.59 Å². The number of hydrogen-bond donors (Lipinski definition) is 1. The van der Waals surface area contributed by atoms with E-state index in [1.54, 1.807) is 13.3 Å². The number of carbonyl (C=O) groups excluding carboxylic acids is 2. The number of thioether (sulfide) groups is 1. The molecule has 8 heteroatoms. The van der Waals surface area contributed by atoms with Gasteiger partial charge in [-0.05, 0) is 48.1 Å². The monoisotopic (exact) mass is 419 g/mol. The molecule has 2 aliphatic rings. The Hall–Kier alpha value is -1.93. The van der Waals surface area contributed by atoms with Gasteiger partial charge in [-0.1, -0.05) is 44.8 Å². The van der Waals surface area contributed by atoms with Gasteiger partial charge in [-0.15, -0.1) is 0 Å². The third-order valence-corrected chi connectivity index (χ3v) is 7.50. The molecule has 1 N–H and O–H groups in total. The normalized spacial score (nSPS) is 26.0. The molecule has 0 aromatic heterocycles. The molecule has 3 rings (SSSR count). The molecular formula is C20H25N3O3S2. The lowest BCUT2D eigenvalue weighted by atomic mass is 9.62. The predicted molar refractivity (Wildman–Crippen MR) is 115 cm³/mol. The molecule has 1 aromatic rings. The van der Waals surface area contributed by atoms with Crippen LogP contribution in [0.15, 0.2) is 29.4 Å². The maximum Gasteiger partial charge on any atom is 0.236 e. The van der Waals surface area contributed by atoms with Gasteiger partial charge >= 0.3 is 0 Å². The van der Waals surface area contributed by atoms with Gasteiger partial charge in [-0.25, -0.2) is 0 Å². The number of hydrazone groups is 1. The fraction of sp³-hybridized carbons (Fsp3) is 0.500. The summed E-state index contributed by atoms with van der Waals surface area (Å²) in [5, 5.41) is 4.11. The lowest BCUT2D eigenvalue weighted by molar-refractivity contribution is -0.166. The van der Waals surface area contributed by atoms with Crippen molar-refractivity contribution in [2.45, 2.75) is 33.6 Å². The van der Waals surface area contributed by atoms with E-state index in [-0.39, 0.29) is 29.0 Å². The molecule has 2 amide bonds. The molecule has 1 saturated heterocycles. The molecule has 1 aromatic carbocycles. The number of piperidine rings is 1. The van der Waals surface area contributed by atoms with E-state index in [2.05, 4.69) is 10.5 Å². The minimum absolute atomic E-state index is 0.0815. The van der Waals surface area contributed by atoms with Gasteiger partial charge in [0.1, 0.15) is 5.75 Å². The highest BCUT2D eigenvalue weighted by molar-refractivity contribution is 8.22. The van der Waals surface area contributed by atoms with Gasteiger partial charge in [0.05, 0.1) is 24.6 Å². The number of nitrogens with one attached hydrogen (secondary N) is 1. The molecule has 1 saturated carbocycles. The van der Waals surface area contributed by atoms with Crippen molar-refractivity contribution in [1.82, 2.24) is 10.3 Å². The van der Waals surface area contributed by atoms with Crippen LogP contribution in [-0.4, -0.2) is 40.2 Å². The van der Waals surface area contributed by atoms with Gasteiger partial charge in [-0.2, -0.15) is 5.10 Å². The molecule has 1 heterocycles. The maximum absolute atomic E-state index is 13.0. The van der Waals surface area contributed by atoms with E-state index in [1.807, 2.05) is 45.0 Å². The Labute approximate surface area is 175 Å². The number of rotatable bonds is 5. The van der Waals surface area contributed by atoms with Crippen LogP contribution in [0.4, 0.5) is 0 Å². The molecule has 2 bridgehead atoms. The second-order valence-corrected chi connectivity index (χ2v) is 9.54. The number of imide groups is 1. The smallest absolute Gasteiger partial charge is 0.236 e. The van der Waals surface area contributed by atoms with E-state index < -0.39 is 5.41 Å². The molecule has 2 atom stereocenters. The first-order valence-electron chi connectivity index (χ1n) is 9.16. The van der Waals surface area contributed by atoms with E-state index in [9.17, 15) is 9.59 Å². The molecule has 0 unspecified atom stereocenters. The molecule has 6 nitrogen and oxygen atoms in total. The van der Waals surface area contributed by atoms with Crippen LogP contribution in [0.1, 0.15) is 39.2 Å². The zero-order valence-corrected chi connectivity index (χ0v) is 18.2. The highest BCUT2D eigenvalue weighted by Gasteiger charge is 2.64. The summed E-state index contributed by atoms with van der Waals surface area (Å²) in [5.74, 6) is 0.711. The molecular weight excluding hydrogens is 394 g/mol. The van der Waals surface area contributed by atoms with Gasteiger partial charge in [0.15, 0.2) is 4.32 Å². The van der Waals surface area contributed by atoms with E-state index in [0.29, 0.717) is 4.32 Å². The van der Waals surface area contributed by atoms with Crippen molar-refractivity contribution in [3.63, 3.8) is 0 Å². The average Bonchev–Trinajstić information content (AvgIpc) is 2.86. The third-order valence-electron chi connectivity index (χ3n) is 6.32. The van der Waals surface area contributed by atoms with Crippen LogP contribution in [0, 0.1) is 16.7 Å². The molecule has 150 valence electrons. The zero-order chi connectivity index (χ0) is 20.5. The summed E-state index contributed by atoms with van der Waals surface area (Å²) >= 11 is 6.50. The fourth-order valence-electron chi connectivity index (χ4n) is 4.03. The van der Waals surface area contributed by atoms with Crippen LogP contribution in [0.3, 0.4) is 0 Å². The van der Waals surface area contributed by atoms with E-state index in [4.69, 9.17) is 17.0 Å². The number of methoxy groups -OCH3 is 1. The maximum atomic E-state index is 13.0. The molecule has 0 spiro atoms. The van der Waals surface area contributed by atoms with Crippen LogP contribution in [0.2, 0.25) is 0 Å².